The van der Waals surface area contributed by atoms with Gasteiger partial charge in [-0.05, 0) is 18.9 Å². The Balaban J connectivity index is 2.09. The van der Waals surface area contributed by atoms with Crippen LogP contribution in [0.25, 0.3) is 0 Å². The average molecular weight is 280 g/mol. The fourth-order valence-electron chi connectivity index (χ4n) is 2.81. The van der Waals surface area contributed by atoms with E-state index in [4.69, 9.17) is 15.2 Å². The molecule has 2 atom stereocenters. The maximum absolute atomic E-state index is 10.2. The molecule has 1 aliphatic rings. The van der Waals surface area contributed by atoms with Gasteiger partial charge in [-0.15, -0.1) is 0 Å². The third-order valence-electron chi connectivity index (χ3n) is 4.07. The van der Waals surface area contributed by atoms with Crippen molar-refractivity contribution in [1.29, 1.82) is 0 Å². The lowest BCUT2D eigenvalue weighted by atomic mass is 9.98. The van der Waals surface area contributed by atoms with Crippen LogP contribution in [0, 0.1) is 0 Å². The van der Waals surface area contributed by atoms with Crippen molar-refractivity contribution in [2.75, 3.05) is 27.3 Å². The second-order valence-corrected chi connectivity index (χ2v) is 5.21. The number of aromatic hydroxyl groups is 1. The molecule has 0 radical (unpaired) electrons. The Morgan fingerprint density at radius 3 is 2.85 bits per heavy atom. The summed E-state index contributed by atoms with van der Waals surface area (Å²) in [4.78, 5) is 2.31. The zero-order valence-electron chi connectivity index (χ0n) is 12.2. The van der Waals surface area contributed by atoms with E-state index in [1.54, 1.807) is 20.3 Å². The average Bonchev–Trinajstić information content (AvgIpc) is 2.49. The fourth-order valence-corrected chi connectivity index (χ4v) is 2.81. The van der Waals surface area contributed by atoms with Gasteiger partial charge < -0.3 is 20.3 Å². The summed E-state index contributed by atoms with van der Waals surface area (Å²) in [7, 11) is 3.31. The highest BCUT2D eigenvalue weighted by Gasteiger charge is 2.28. The molecule has 1 saturated heterocycles. The molecule has 5 heteroatoms. The molecular weight excluding hydrogens is 256 g/mol. The van der Waals surface area contributed by atoms with Gasteiger partial charge in [-0.1, -0.05) is 12.1 Å². The van der Waals surface area contributed by atoms with Crippen LogP contribution in [-0.2, 0) is 11.3 Å². The standard InChI is InChI=1S/C15H24N2O3/c1-19-13-6-7-17(12(8-13)9-16)10-11-4-3-5-14(20-2)15(11)18/h3-5,12-13,18H,6-10,16H2,1-2H3. The van der Waals surface area contributed by atoms with E-state index in [1.807, 2.05) is 12.1 Å². The molecule has 0 aliphatic carbocycles. The van der Waals surface area contributed by atoms with Crippen LogP contribution in [0.2, 0.25) is 0 Å². The number of hydrogen-bond donors (Lipinski definition) is 2. The number of para-hydroxylation sites is 1. The fraction of sp³-hybridized carbons (Fsp3) is 0.600. The lowest BCUT2D eigenvalue weighted by Crippen LogP contribution is -2.47. The lowest BCUT2D eigenvalue weighted by Gasteiger charge is -2.38. The van der Waals surface area contributed by atoms with Crippen LogP contribution in [0.5, 0.6) is 11.5 Å². The number of likely N-dealkylation sites (tertiary alicyclic amines) is 1. The molecule has 0 saturated carbocycles. The number of benzene rings is 1. The number of rotatable bonds is 5. The van der Waals surface area contributed by atoms with Crippen LogP contribution in [0.3, 0.4) is 0 Å². The van der Waals surface area contributed by atoms with Gasteiger partial charge in [0.2, 0.25) is 0 Å². The van der Waals surface area contributed by atoms with Crippen LogP contribution >= 0.6 is 0 Å². The molecule has 3 N–H and O–H groups in total. The first kappa shape index (κ1) is 15.1. The van der Waals surface area contributed by atoms with Crippen LogP contribution in [0.1, 0.15) is 18.4 Å². The largest absolute Gasteiger partial charge is 0.504 e. The summed E-state index contributed by atoms with van der Waals surface area (Å²) in [5, 5.41) is 10.2. The molecule has 0 amide bonds. The molecule has 112 valence electrons. The summed E-state index contributed by atoms with van der Waals surface area (Å²) in [6, 6.07) is 5.87. The summed E-state index contributed by atoms with van der Waals surface area (Å²) in [6.07, 6.45) is 2.23. The second kappa shape index (κ2) is 6.92. The van der Waals surface area contributed by atoms with E-state index in [0.29, 0.717) is 31.0 Å². The van der Waals surface area contributed by atoms with Crippen LogP contribution < -0.4 is 10.5 Å². The molecule has 0 spiro atoms. The Bertz CT molecular complexity index is 439. The molecule has 0 aromatic heterocycles. The quantitative estimate of drug-likeness (QED) is 0.852. The topological polar surface area (TPSA) is 68.0 Å². The minimum Gasteiger partial charge on any atom is -0.504 e. The van der Waals surface area contributed by atoms with E-state index in [2.05, 4.69) is 4.90 Å². The normalized spacial score (nSPS) is 23.8. The third kappa shape index (κ3) is 3.23. The summed E-state index contributed by atoms with van der Waals surface area (Å²) in [5.41, 5.74) is 6.75. The van der Waals surface area contributed by atoms with Crippen molar-refractivity contribution >= 4 is 0 Å². The Labute approximate surface area is 120 Å². The van der Waals surface area contributed by atoms with Crippen molar-refractivity contribution in [3.8, 4) is 11.5 Å². The minimum absolute atomic E-state index is 0.222. The van der Waals surface area contributed by atoms with Gasteiger partial charge in [0.25, 0.3) is 0 Å². The van der Waals surface area contributed by atoms with Crippen LogP contribution in [0.4, 0.5) is 0 Å². The van der Waals surface area contributed by atoms with E-state index < -0.39 is 0 Å². The predicted octanol–water partition coefficient (Wildman–Crippen LogP) is 1.34. The van der Waals surface area contributed by atoms with E-state index in [0.717, 1.165) is 24.9 Å². The molecule has 5 nitrogen and oxygen atoms in total. The first-order valence-electron chi connectivity index (χ1n) is 7.01. The monoisotopic (exact) mass is 280 g/mol. The summed E-state index contributed by atoms with van der Waals surface area (Å²) in [6.45, 7) is 2.21. The highest BCUT2D eigenvalue weighted by molar-refractivity contribution is 5.45. The zero-order chi connectivity index (χ0) is 14.5. The number of nitrogens with two attached hydrogens (primary N) is 1. The van der Waals surface area contributed by atoms with E-state index in [9.17, 15) is 5.11 Å². The minimum atomic E-state index is 0.222. The highest BCUT2D eigenvalue weighted by Crippen LogP contribution is 2.31. The van der Waals surface area contributed by atoms with Gasteiger partial charge >= 0.3 is 0 Å². The van der Waals surface area contributed by atoms with Crippen molar-refractivity contribution in [2.45, 2.75) is 31.5 Å². The van der Waals surface area contributed by atoms with E-state index in [1.165, 1.54) is 0 Å². The molecule has 1 fully saturated rings. The number of piperidine rings is 1. The first-order valence-corrected chi connectivity index (χ1v) is 7.01. The SMILES string of the molecule is COc1cccc(CN2CCC(OC)CC2CN)c1O. The molecule has 0 bridgehead atoms. The molecule has 1 aromatic rings. The van der Waals surface area contributed by atoms with Crippen molar-refractivity contribution in [2.24, 2.45) is 5.73 Å². The smallest absolute Gasteiger partial charge is 0.162 e. The summed E-state index contributed by atoms with van der Waals surface area (Å²) < 4.78 is 10.6. The van der Waals surface area contributed by atoms with E-state index >= 15 is 0 Å². The van der Waals surface area contributed by atoms with Crippen molar-refractivity contribution in [1.82, 2.24) is 4.90 Å². The Hall–Kier alpha value is -1.30. The predicted molar refractivity (Wildman–Crippen MR) is 77.9 cm³/mol. The van der Waals surface area contributed by atoms with Gasteiger partial charge in [-0.2, -0.15) is 0 Å². The number of hydrogen-bond acceptors (Lipinski definition) is 5. The van der Waals surface area contributed by atoms with Crippen molar-refractivity contribution in [3.05, 3.63) is 23.8 Å². The van der Waals surface area contributed by atoms with Gasteiger partial charge in [-0.3, -0.25) is 4.90 Å². The number of phenols is 1. The maximum Gasteiger partial charge on any atom is 0.162 e. The molecule has 1 heterocycles. The summed E-state index contributed by atoms with van der Waals surface area (Å²) in [5.74, 6) is 0.734. The van der Waals surface area contributed by atoms with Gasteiger partial charge in [0, 0.05) is 38.3 Å². The van der Waals surface area contributed by atoms with Gasteiger partial charge in [-0.25, -0.2) is 0 Å². The third-order valence-corrected chi connectivity index (χ3v) is 4.07. The lowest BCUT2D eigenvalue weighted by molar-refractivity contribution is 0.00997. The van der Waals surface area contributed by atoms with Crippen LogP contribution in [-0.4, -0.2) is 49.5 Å². The Morgan fingerprint density at radius 1 is 1.40 bits per heavy atom. The summed E-state index contributed by atoms with van der Waals surface area (Å²) >= 11 is 0. The molecular formula is C15H24N2O3. The number of ether oxygens (including phenoxy) is 2. The van der Waals surface area contributed by atoms with Crippen molar-refractivity contribution < 1.29 is 14.6 Å². The van der Waals surface area contributed by atoms with Gasteiger partial charge in [0.05, 0.1) is 13.2 Å². The Morgan fingerprint density at radius 2 is 2.20 bits per heavy atom. The molecule has 2 unspecified atom stereocenters. The number of methoxy groups -OCH3 is 2. The molecule has 2 rings (SSSR count). The van der Waals surface area contributed by atoms with Crippen molar-refractivity contribution in [3.63, 3.8) is 0 Å². The highest BCUT2D eigenvalue weighted by atomic mass is 16.5. The second-order valence-electron chi connectivity index (χ2n) is 5.21. The Kier molecular flexibility index (Phi) is 5.23. The molecule has 1 aliphatic heterocycles. The maximum atomic E-state index is 10.2. The zero-order valence-corrected chi connectivity index (χ0v) is 12.2. The van der Waals surface area contributed by atoms with Gasteiger partial charge in [0.1, 0.15) is 0 Å². The molecule has 20 heavy (non-hydrogen) atoms. The van der Waals surface area contributed by atoms with Gasteiger partial charge in [0.15, 0.2) is 11.5 Å². The van der Waals surface area contributed by atoms with E-state index in [-0.39, 0.29) is 5.75 Å². The van der Waals surface area contributed by atoms with Crippen LogP contribution in [0.15, 0.2) is 18.2 Å². The number of phenolic OH excluding ortho intramolecular Hbond substituents is 1. The number of nitrogens with zero attached hydrogens (tertiary/aromatic N) is 1. The first-order chi connectivity index (χ1) is 9.69. The molecule has 1 aromatic carbocycles.